The van der Waals surface area contributed by atoms with Crippen LogP contribution in [0.1, 0.15) is 45.6 Å². The van der Waals surface area contributed by atoms with Crippen molar-refractivity contribution in [2.45, 2.75) is 51.2 Å². The van der Waals surface area contributed by atoms with E-state index in [1.165, 1.54) is 0 Å². The second-order valence-corrected chi connectivity index (χ2v) is 11.8. The minimum absolute atomic E-state index is 0.178. The molecule has 1 aliphatic carbocycles. The van der Waals surface area contributed by atoms with Gasteiger partial charge >= 0.3 is 6.09 Å². The third kappa shape index (κ3) is 5.40. The summed E-state index contributed by atoms with van der Waals surface area (Å²) in [6.45, 7) is 12.9. The summed E-state index contributed by atoms with van der Waals surface area (Å²) in [7, 11) is 0. The number of alkyl carbamates (subject to hydrolysis) is 1. The van der Waals surface area contributed by atoms with Crippen molar-refractivity contribution in [2.75, 3.05) is 0 Å². The van der Waals surface area contributed by atoms with Crippen LogP contribution in [0.3, 0.4) is 0 Å². The van der Waals surface area contributed by atoms with Crippen LogP contribution in [0.25, 0.3) is 49.5 Å². The second-order valence-electron chi connectivity index (χ2n) is 11.8. The molecule has 6 rings (SSSR count). The first-order chi connectivity index (χ1) is 20.7. The van der Waals surface area contributed by atoms with Crippen molar-refractivity contribution in [1.29, 1.82) is 0 Å². The molecule has 7 heteroatoms. The van der Waals surface area contributed by atoms with E-state index in [9.17, 15) is 9.59 Å². The molecule has 0 spiro atoms. The Morgan fingerprint density at radius 3 is 2.33 bits per heavy atom. The van der Waals surface area contributed by atoms with Gasteiger partial charge in [-0.15, -0.1) is 0 Å². The molecule has 0 bridgehead atoms. The average molecular weight is 570 g/mol. The Bertz CT molecular complexity index is 1930. The number of rotatable bonds is 5. The molecular weight excluding hydrogens is 538 g/mol. The fourth-order valence-electron chi connectivity index (χ4n) is 5.58. The van der Waals surface area contributed by atoms with Gasteiger partial charge in [-0.1, -0.05) is 72.8 Å². The van der Waals surface area contributed by atoms with Crippen LogP contribution in [-0.2, 0) is 10.3 Å². The molecule has 1 aliphatic rings. The normalized spacial score (nSPS) is 14.0. The molecule has 3 aromatic carbocycles. The van der Waals surface area contributed by atoms with Gasteiger partial charge in [-0.05, 0) is 68.9 Å². The Kier molecular flexibility index (Phi) is 7.07. The molecule has 214 valence electrons. The zero-order valence-electron chi connectivity index (χ0n) is 24.3. The maximum atomic E-state index is 14.2. The number of benzene rings is 3. The summed E-state index contributed by atoms with van der Waals surface area (Å²) in [6, 6.07) is 26.1. The monoisotopic (exact) mass is 569 g/mol. The smallest absolute Gasteiger partial charge is 0.408 e. The number of ether oxygens (including phenoxy) is 1. The molecule has 1 fully saturated rings. The van der Waals surface area contributed by atoms with Crippen LogP contribution in [0.2, 0.25) is 0 Å². The molecular formula is C36H31N3O4. The molecule has 1 amide bonds. The third-order valence-corrected chi connectivity index (χ3v) is 7.77. The van der Waals surface area contributed by atoms with E-state index in [0.29, 0.717) is 44.8 Å². The highest BCUT2D eigenvalue weighted by Gasteiger charge is 2.41. The lowest BCUT2D eigenvalue weighted by Gasteiger charge is -2.43. The van der Waals surface area contributed by atoms with Gasteiger partial charge in [0.05, 0.1) is 23.1 Å². The van der Waals surface area contributed by atoms with Crippen LogP contribution in [0.4, 0.5) is 10.5 Å². The van der Waals surface area contributed by atoms with E-state index in [-0.39, 0.29) is 5.43 Å². The zero-order valence-corrected chi connectivity index (χ0v) is 24.3. The maximum absolute atomic E-state index is 14.2. The number of nitrogens with zero attached hydrogens (tertiary/aromatic N) is 2. The second kappa shape index (κ2) is 10.9. The average Bonchev–Trinajstić information content (AvgIpc) is 2.98. The Morgan fingerprint density at radius 1 is 0.953 bits per heavy atom. The lowest BCUT2D eigenvalue weighted by Crippen LogP contribution is -2.52. The van der Waals surface area contributed by atoms with Crippen molar-refractivity contribution in [3.8, 4) is 33.7 Å². The van der Waals surface area contributed by atoms with Gasteiger partial charge in [-0.25, -0.2) is 9.64 Å². The van der Waals surface area contributed by atoms with E-state index in [1.807, 2.05) is 81.4 Å². The molecule has 7 nitrogen and oxygen atoms in total. The highest BCUT2D eigenvalue weighted by Crippen LogP contribution is 2.43. The van der Waals surface area contributed by atoms with Crippen LogP contribution in [-0.4, -0.2) is 16.7 Å². The number of aromatic nitrogens is 1. The van der Waals surface area contributed by atoms with E-state index in [2.05, 4.69) is 15.1 Å². The fourth-order valence-corrected chi connectivity index (χ4v) is 5.58. The minimum Gasteiger partial charge on any atom is -0.453 e. The number of nitrogens with one attached hydrogen (secondary N) is 1. The standard InChI is InChI=1S/C36H31N3O4/c1-35(2,3)43-34(41)39-36(19-9-20-36)26-16-14-23(15-17-26)29-31(40)28-18-21-38-30(25-12-8-13-27(22-25)37-4)33(28)42-32(29)24-10-6-5-7-11-24/h5-8,10-18,21-22H,9,19-20H2,1-3H3,(H,39,41). The summed E-state index contributed by atoms with van der Waals surface area (Å²) >= 11 is 0. The number of carbonyl (C=O) groups is 1. The van der Waals surface area contributed by atoms with Crippen molar-refractivity contribution < 1.29 is 13.9 Å². The molecule has 2 heterocycles. The van der Waals surface area contributed by atoms with Crippen molar-refractivity contribution in [1.82, 2.24) is 10.3 Å². The summed E-state index contributed by atoms with van der Waals surface area (Å²) in [6.07, 6.45) is 3.77. The van der Waals surface area contributed by atoms with Gasteiger partial charge in [0.1, 0.15) is 17.1 Å². The van der Waals surface area contributed by atoms with Gasteiger partial charge in [-0.2, -0.15) is 0 Å². The highest BCUT2D eigenvalue weighted by atomic mass is 16.6. The van der Waals surface area contributed by atoms with Crippen LogP contribution in [0.5, 0.6) is 0 Å². The zero-order chi connectivity index (χ0) is 30.2. The molecule has 0 unspecified atom stereocenters. The summed E-state index contributed by atoms with van der Waals surface area (Å²) in [5.74, 6) is 0.437. The fraction of sp³-hybridized carbons (Fsp3) is 0.222. The first-order valence-electron chi connectivity index (χ1n) is 14.3. The van der Waals surface area contributed by atoms with Crippen molar-refractivity contribution in [3.63, 3.8) is 0 Å². The van der Waals surface area contributed by atoms with E-state index >= 15 is 0 Å². The Balaban J connectivity index is 1.47. The highest BCUT2D eigenvalue weighted by molar-refractivity contribution is 5.95. The molecule has 0 saturated heterocycles. The summed E-state index contributed by atoms with van der Waals surface area (Å²) < 4.78 is 12.1. The SMILES string of the molecule is [C-]#[N+]c1cccc(-c2nccc3c(=O)c(-c4ccc(C5(NC(=O)OC(C)(C)C)CCC5)cc4)c(-c4ccccc4)oc23)c1. The molecule has 2 aromatic heterocycles. The summed E-state index contributed by atoms with van der Waals surface area (Å²) in [4.78, 5) is 35.0. The number of fused-ring (bicyclic) bond motifs is 1. The van der Waals surface area contributed by atoms with Crippen molar-refractivity contribution >= 4 is 22.7 Å². The van der Waals surface area contributed by atoms with Gasteiger partial charge in [0.2, 0.25) is 5.43 Å². The third-order valence-electron chi connectivity index (χ3n) is 7.77. The van der Waals surface area contributed by atoms with E-state index in [4.69, 9.17) is 15.7 Å². The minimum atomic E-state index is -0.591. The molecule has 0 radical (unpaired) electrons. The summed E-state index contributed by atoms with van der Waals surface area (Å²) in [5.41, 5.74) is 3.64. The molecule has 0 aliphatic heterocycles. The number of carbonyl (C=O) groups excluding carboxylic acids is 1. The predicted octanol–water partition coefficient (Wildman–Crippen LogP) is 8.64. The topological polar surface area (TPSA) is 85.8 Å². The Morgan fingerprint density at radius 2 is 1.67 bits per heavy atom. The van der Waals surface area contributed by atoms with E-state index in [1.54, 1.807) is 30.5 Å². The van der Waals surface area contributed by atoms with Crippen molar-refractivity contribution in [2.24, 2.45) is 0 Å². The van der Waals surface area contributed by atoms with E-state index in [0.717, 1.165) is 30.4 Å². The summed E-state index contributed by atoms with van der Waals surface area (Å²) in [5, 5.41) is 3.50. The van der Waals surface area contributed by atoms with Gasteiger partial charge in [0, 0.05) is 11.8 Å². The van der Waals surface area contributed by atoms with Gasteiger partial charge < -0.3 is 14.5 Å². The first kappa shape index (κ1) is 27.9. The lowest BCUT2D eigenvalue weighted by atomic mass is 9.71. The van der Waals surface area contributed by atoms with Gasteiger partial charge in [-0.3, -0.25) is 9.78 Å². The Hall–Kier alpha value is -5.22. The predicted molar refractivity (Wildman–Crippen MR) is 168 cm³/mol. The molecule has 5 aromatic rings. The maximum Gasteiger partial charge on any atom is 0.408 e. The molecule has 43 heavy (non-hydrogen) atoms. The number of hydrogen-bond donors (Lipinski definition) is 1. The quantitative estimate of drug-likeness (QED) is 0.214. The number of amides is 1. The number of hydrogen-bond acceptors (Lipinski definition) is 5. The van der Waals surface area contributed by atoms with Crippen LogP contribution in [0, 0.1) is 6.57 Å². The molecule has 0 atom stereocenters. The molecule has 1 saturated carbocycles. The van der Waals surface area contributed by atoms with Crippen LogP contribution < -0.4 is 10.7 Å². The number of pyridine rings is 1. The van der Waals surface area contributed by atoms with Crippen LogP contribution in [0.15, 0.2) is 100 Å². The Labute approximate surface area is 250 Å². The van der Waals surface area contributed by atoms with Gasteiger partial charge in [0.25, 0.3) is 0 Å². The van der Waals surface area contributed by atoms with Gasteiger partial charge in [0.15, 0.2) is 11.3 Å². The largest absolute Gasteiger partial charge is 0.453 e. The van der Waals surface area contributed by atoms with Crippen LogP contribution >= 0.6 is 0 Å². The molecule has 1 N–H and O–H groups in total. The van der Waals surface area contributed by atoms with Crippen molar-refractivity contribution in [3.05, 3.63) is 118 Å². The lowest BCUT2D eigenvalue weighted by molar-refractivity contribution is 0.0377. The van der Waals surface area contributed by atoms with E-state index < -0.39 is 17.2 Å². The first-order valence-corrected chi connectivity index (χ1v) is 14.3.